The Hall–Kier alpha value is -3.78. The second kappa shape index (κ2) is 8.93. The number of carbonyl (C=O) groups excluding carboxylic acids is 1. The summed E-state index contributed by atoms with van der Waals surface area (Å²) in [5.41, 5.74) is 7.91. The molecule has 0 atom stereocenters. The van der Waals surface area contributed by atoms with Gasteiger partial charge in [0.1, 0.15) is 17.4 Å². The summed E-state index contributed by atoms with van der Waals surface area (Å²) in [6, 6.07) is 15.7. The Labute approximate surface area is 183 Å². The fourth-order valence-corrected chi connectivity index (χ4v) is 3.70. The minimum Gasteiger partial charge on any atom is -0.495 e. The zero-order valence-electron chi connectivity index (χ0n) is 18.8. The number of amides is 1. The minimum absolute atomic E-state index is 0.0322. The van der Waals surface area contributed by atoms with Crippen LogP contribution in [0.2, 0.25) is 0 Å². The number of benzene rings is 2. The summed E-state index contributed by atoms with van der Waals surface area (Å²) in [4.78, 5) is 12.8. The number of methoxy groups -OCH3 is 1. The number of nitrogens with zero attached hydrogens (tertiary/aromatic N) is 2. The number of anilines is 1. The molecular weight excluding hydrogens is 386 g/mol. The Bertz CT molecular complexity index is 1230. The molecule has 5 heteroatoms. The van der Waals surface area contributed by atoms with Crippen molar-refractivity contribution in [2.75, 3.05) is 12.4 Å². The van der Waals surface area contributed by atoms with Crippen molar-refractivity contribution < 1.29 is 9.53 Å². The highest BCUT2D eigenvalue weighted by Crippen LogP contribution is 2.28. The van der Waals surface area contributed by atoms with Gasteiger partial charge in [0.15, 0.2) is 0 Å². The van der Waals surface area contributed by atoms with E-state index in [0.29, 0.717) is 11.4 Å². The normalized spacial score (nSPS) is 11.2. The first-order valence-electron chi connectivity index (χ1n) is 10.1. The van der Waals surface area contributed by atoms with Gasteiger partial charge in [0.2, 0.25) is 0 Å². The quantitative estimate of drug-likeness (QED) is 0.439. The summed E-state index contributed by atoms with van der Waals surface area (Å²) in [5.74, 6) is 0.0762. The van der Waals surface area contributed by atoms with Crippen molar-refractivity contribution in [2.24, 2.45) is 0 Å². The third-order valence-electron chi connectivity index (χ3n) is 5.56. The second-order valence-electron chi connectivity index (χ2n) is 7.71. The number of rotatable bonds is 5. The van der Waals surface area contributed by atoms with E-state index in [0.717, 1.165) is 28.2 Å². The van der Waals surface area contributed by atoms with Gasteiger partial charge >= 0.3 is 0 Å². The molecule has 3 aromatic rings. The van der Waals surface area contributed by atoms with E-state index in [-0.39, 0.29) is 5.57 Å². The van der Waals surface area contributed by atoms with E-state index in [9.17, 15) is 10.1 Å². The van der Waals surface area contributed by atoms with Gasteiger partial charge in [0.25, 0.3) is 5.91 Å². The van der Waals surface area contributed by atoms with Crippen molar-refractivity contribution in [2.45, 2.75) is 34.6 Å². The van der Waals surface area contributed by atoms with Gasteiger partial charge in [-0.1, -0.05) is 18.2 Å². The Balaban J connectivity index is 1.99. The van der Waals surface area contributed by atoms with Gasteiger partial charge in [0, 0.05) is 17.1 Å². The van der Waals surface area contributed by atoms with Crippen LogP contribution in [-0.4, -0.2) is 17.6 Å². The van der Waals surface area contributed by atoms with Gasteiger partial charge < -0.3 is 14.6 Å². The van der Waals surface area contributed by atoms with Crippen LogP contribution in [0.3, 0.4) is 0 Å². The average molecular weight is 414 g/mol. The molecular formula is C26H27N3O2. The third-order valence-corrected chi connectivity index (χ3v) is 5.56. The number of ether oxygens (including phenoxy) is 1. The average Bonchev–Trinajstić information content (AvgIpc) is 3.01. The molecule has 0 saturated heterocycles. The van der Waals surface area contributed by atoms with Crippen molar-refractivity contribution >= 4 is 17.7 Å². The van der Waals surface area contributed by atoms with E-state index in [4.69, 9.17) is 4.74 Å². The van der Waals surface area contributed by atoms with Crippen LogP contribution >= 0.6 is 0 Å². The van der Waals surface area contributed by atoms with Crippen molar-refractivity contribution in [3.05, 3.63) is 81.7 Å². The summed E-state index contributed by atoms with van der Waals surface area (Å²) in [7, 11) is 1.55. The highest BCUT2D eigenvalue weighted by molar-refractivity contribution is 6.10. The molecule has 0 fully saturated rings. The van der Waals surface area contributed by atoms with Gasteiger partial charge in [-0.2, -0.15) is 5.26 Å². The number of aromatic nitrogens is 1. The number of nitriles is 1. The van der Waals surface area contributed by atoms with Gasteiger partial charge in [-0.3, -0.25) is 4.79 Å². The highest BCUT2D eigenvalue weighted by Gasteiger charge is 2.16. The minimum atomic E-state index is -0.470. The van der Waals surface area contributed by atoms with Gasteiger partial charge in [-0.25, -0.2) is 0 Å². The predicted octanol–water partition coefficient (Wildman–Crippen LogP) is 5.57. The molecule has 1 aromatic heterocycles. The molecule has 0 saturated carbocycles. The maximum Gasteiger partial charge on any atom is 0.266 e. The molecule has 0 spiro atoms. The first-order valence-corrected chi connectivity index (χ1v) is 10.1. The van der Waals surface area contributed by atoms with E-state index < -0.39 is 5.91 Å². The molecule has 1 amide bonds. The fraction of sp³-hybridized carbons (Fsp3) is 0.231. The number of hydrogen-bond acceptors (Lipinski definition) is 3. The Kier molecular flexibility index (Phi) is 6.31. The monoisotopic (exact) mass is 413 g/mol. The maximum absolute atomic E-state index is 12.8. The number of aryl methyl sites for hydroxylation is 3. The van der Waals surface area contributed by atoms with E-state index in [1.165, 1.54) is 11.1 Å². The first-order chi connectivity index (χ1) is 14.8. The first kappa shape index (κ1) is 21.9. The van der Waals surface area contributed by atoms with Gasteiger partial charge in [0.05, 0.1) is 12.8 Å². The van der Waals surface area contributed by atoms with E-state index in [1.54, 1.807) is 19.3 Å². The molecule has 0 aliphatic carbocycles. The molecule has 0 unspecified atom stereocenters. The summed E-state index contributed by atoms with van der Waals surface area (Å²) in [6.07, 6.45) is 1.64. The lowest BCUT2D eigenvalue weighted by molar-refractivity contribution is -0.112. The topological polar surface area (TPSA) is 67.0 Å². The van der Waals surface area contributed by atoms with Crippen molar-refractivity contribution in [1.82, 2.24) is 4.57 Å². The SMILES string of the molecule is COc1ccc(C)cc1NC(=O)/C(C#N)=C/c1cc(C)n(-c2cccc(C)c2C)c1C. The molecule has 31 heavy (non-hydrogen) atoms. The number of nitrogens with one attached hydrogen (secondary N) is 1. The zero-order chi connectivity index (χ0) is 22.7. The molecule has 0 radical (unpaired) electrons. The van der Waals surface area contributed by atoms with Crippen LogP contribution in [0.15, 0.2) is 48.0 Å². The molecule has 1 N–H and O–H groups in total. The van der Waals surface area contributed by atoms with Crippen LogP contribution in [0.4, 0.5) is 5.69 Å². The number of carbonyl (C=O) groups is 1. The molecule has 3 rings (SSSR count). The molecule has 0 bridgehead atoms. The highest BCUT2D eigenvalue weighted by atomic mass is 16.5. The maximum atomic E-state index is 12.8. The van der Waals surface area contributed by atoms with Gasteiger partial charge in [-0.15, -0.1) is 0 Å². The molecule has 2 aromatic carbocycles. The smallest absolute Gasteiger partial charge is 0.266 e. The molecule has 5 nitrogen and oxygen atoms in total. The van der Waals surface area contributed by atoms with Crippen molar-refractivity contribution in [3.63, 3.8) is 0 Å². The third kappa shape index (κ3) is 4.39. The van der Waals surface area contributed by atoms with Crippen LogP contribution in [-0.2, 0) is 4.79 Å². The summed E-state index contributed by atoms with van der Waals surface area (Å²) in [6.45, 7) is 10.1. The lowest BCUT2D eigenvalue weighted by Gasteiger charge is -2.14. The standard InChI is InChI=1S/C26H27N3O2/c1-16-10-11-25(31-6)23(12-16)28-26(30)22(15-27)14-21-13-18(3)29(20(21)5)24-9-7-8-17(2)19(24)4/h7-14H,1-6H3,(H,28,30)/b22-14+. The Morgan fingerprint density at radius 2 is 1.84 bits per heavy atom. The van der Waals surface area contributed by atoms with Gasteiger partial charge in [-0.05, 0) is 87.2 Å². The number of hydrogen-bond donors (Lipinski definition) is 1. The zero-order valence-corrected chi connectivity index (χ0v) is 18.8. The van der Waals surface area contributed by atoms with Crippen LogP contribution < -0.4 is 10.1 Å². The lowest BCUT2D eigenvalue weighted by Crippen LogP contribution is -2.14. The van der Waals surface area contributed by atoms with E-state index in [1.807, 2.05) is 51.1 Å². The lowest BCUT2D eigenvalue weighted by atomic mass is 10.1. The Morgan fingerprint density at radius 3 is 2.52 bits per heavy atom. The van der Waals surface area contributed by atoms with Crippen LogP contribution in [0.5, 0.6) is 5.75 Å². The predicted molar refractivity (Wildman–Crippen MR) is 125 cm³/mol. The van der Waals surface area contributed by atoms with E-state index >= 15 is 0 Å². The van der Waals surface area contributed by atoms with Crippen molar-refractivity contribution in [1.29, 1.82) is 5.26 Å². The van der Waals surface area contributed by atoms with E-state index in [2.05, 4.69) is 35.9 Å². The largest absolute Gasteiger partial charge is 0.495 e. The molecule has 158 valence electrons. The fourth-order valence-electron chi connectivity index (χ4n) is 3.70. The van der Waals surface area contributed by atoms with Crippen molar-refractivity contribution in [3.8, 4) is 17.5 Å². The van der Waals surface area contributed by atoms with Crippen LogP contribution in [0.1, 0.15) is 33.6 Å². The summed E-state index contributed by atoms with van der Waals surface area (Å²) < 4.78 is 7.48. The van der Waals surface area contributed by atoms with Crippen LogP contribution in [0, 0.1) is 45.9 Å². The molecule has 0 aliphatic heterocycles. The molecule has 0 aliphatic rings. The molecule has 1 heterocycles. The second-order valence-corrected chi connectivity index (χ2v) is 7.71. The summed E-state index contributed by atoms with van der Waals surface area (Å²) >= 11 is 0. The Morgan fingerprint density at radius 1 is 1.10 bits per heavy atom. The summed E-state index contributed by atoms with van der Waals surface area (Å²) in [5, 5.41) is 12.5. The van der Waals surface area contributed by atoms with Crippen LogP contribution in [0.25, 0.3) is 11.8 Å².